The minimum absolute atomic E-state index is 0.0315. The molecule has 13 heteroatoms. The second-order valence-electron chi connectivity index (χ2n) is 8.04. The van der Waals surface area contributed by atoms with E-state index in [-0.39, 0.29) is 22.9 Å². The van der Waals surface area contributed by atoms with Crippen molar-refractivity contribution < 1.29 is 39.5 Å². The summed E-state index contributed by atoms with van der Waals surface area (Å²) in [6.45, 7) is -0.0808. The number of alkyl halides is 6. The van der Waals surface area contributed by atoms with E-state index in [0.717, 1.165) is 23.5 Å². The number of aromatic nitrogens is 1. The molecule has 4 aromatic rings. The molecule has 0 radical (unpaired) electrons. The molecule has 3 aromatic carbocycles. The number of nitrogens with zero attached hydrogens (tertiary/aromatic N) is 1. The highest BCUT2D eigenvalue weighted by molar-refractivity contribution is 7.91. The zero-order chi connectivity index (χ0) is 27.7. The van der Waals surface area contributed by atoms with Crippen LogP contribution in [0.15, 0.2) is 72.1 Å². The lowest BCUT2D eigenvalue weighted by molar-refractivity contribution is -0.139. The summed E-state index contributed by atoms with van der Waals surface area (Å²) in [5.74, 6) is -1.64. The van der Waals surface area contributed by atoms with E-state index in [0.29, 0.717) is 27.4 Å². The van der Waals surface area contributed by atoms with Gasteiger partial charge in [-0.1, -0.05) is 60.1 Å². The summed E-state index contributed by atoms with van der Waals surface area (Å²) in [6.07, 6.45) is -4.65. The molecule has 0 bridgehead atoms. The standard InChI is InChI=1S/C25H16ClF6NO3S2/c26-20-10-16(14-38(34,35)25(30,31)32)6-8-18(20)21-13-37-23(33-21)17-7-9-19(24(27,28)29)22(11-17)36-12-15-4-2-1-3-5-15/h1-11,13H,12,14H2. The van der Waals surface area contributed by atoms with Crippen LogP contribution in [0.2, 0.25) is 5.02 Å². The zero-order valence-electron chi connectivity index (χ0n) is 19.0. The molecule has 1 aromatic heterocycles. The third kappa shape index (κ3) is 6.30. The fraction of sp³-hybridized carbons (Fsp3) is 0.160. The molecule has 0 fully saturated rings. The van der Waals surface area contributed by atoms with Crippen LogP contribution in [0.1, 0.15) is 16.7 Å². The molecule has 0 atom stereocenters. The topological polar surface area (TPSA) is 56.3 Å². The molecule has 1 heterocycles. The third-order valence-electron chi connectivity index (χ3n) is 5.29. The number of halogens is 7. The Morgan fingerprint density at radius 3 is 2.24 bits per heavy atom. The van der Waals surface area contributed by atoms with Crippen molar-refractivity contribution in [1.29, 1.82) is 0 Å². The van der Waals surface area contributed by atoms with Gasteiger partial charge in [-0.2, -0.15) is 26.3 Å². The number of hydrogen-bond donors (Lipinski definition) is 0. The van der Waals surface area contributed by atoms with Gasteiger partial charge in [0.15, 0.2) is 0 Å². The summed E-state index contributed by atoms with van der Waals surface area (Å²) < 4.78 is 107. The molecule has 0 unspecified atom stereocenters. The molecule has 0 N–H and O–H groups in total. The van der Waals surface area contributed by atoms with Crippen LogP contribution in [-0.4, -0.2) is 18.9 Å². The van der Waals surface area contributed by atoms with Crippen LogP contribution >= 0.6 is 22.9 Å². The molecule has 0 aliphatic rings. The van der Waals surface area contributed by atoms with Gasteiger partial charge in [-0.25, -0.2) is 13.4 Å². The maximum atomic E-state index is 13.6. The lowest BCUT2D eigenvalue weighted by Gasteiger charge is -2.15. The van der Waals surface area contributed by atoms with Gasteiger partial charge in [0.1, 0.15) is 17.4 Å². The Morgan fingerprint density at radius 2 is 1.61 bits per heavy atom. The van der Waals surface area contributed by atoms with Crippen molar-refractivity contribution in [2.75, 3.05) is 0 Å². The first kappa shape index (κ1) is 27.9. The van der Waals surface area contributed by atoms with Crippen molar-refractivity contribution in [3.8, 4) is 27.6 Å². The Morgan fingerprint density at radius 1 is 0.895 bits per heavy atom. The summed E-state index contributed by atoms with van der Waals surface area (Å²) >= 11 is 7.31. The van der Waals surface area contributed by atoms with Crippen LogP contribution in [0.25, 0.3) is 21.8 Å². The average molecular weight is 592 g/mol. The van der Waals surface area contributed by atoms with Crippen molar-refractivity contribution in [2.24, 2.45) is 0 Å². The molecule has 4 nitrogen and oxygen atoms in total. The molecule has 0 aliphatic carbocycles. The van der Waals surface area contributed by atoms with Crippen molar-refractivity contribution in [2.45, 2.75) is 24.0 Å². The average Bonchev–Trinajstić information content (AvgIpc) is 3.32. The van der Waals surface area contributed by atoms with E-state index in [9.17, 15) is 34.8 Å². The minimum Gasteiger partial charge on any atom is -0.488 e. The Kier molecular flexibility index (Phi) is 7.78. The number of thiazole rings is 1. The molecule has 0 amide bonds. The molecule has 0 spiro atoms. The number of rotatable bonds is 7. The smallest absolute Gasteiger partial charge is 0.488 e. The van der Waals surface area contributed by atoms with Gasteiger partial charge in [0.05, 0.1) is 22.0 Å². The largest absolute Gasteiger partial charge is 0.497 e. The number of sulfone groups is 1. The van der Waals surface area contributed by atoms with Crippen LogP contribution in [0.3, 0.4) is 0 Å². The lowest BCUT2D eigenvalue weighted by atomic mass is 10.1. The van der Waals surface area contributed by atoms with E-state index in [1.165, 1.54) is 24.3 Å². The molecule has 0 saturated heterocycles. The van der Waals surface area contributed by atoms with Gasteiger partial charge in [-0.3, -0.25) is 0 Å². The normalized spacial score (nSPS) is 12.5. The highest BCUT2D eigenvalue weighted by Gasteiger charge is 2.45. The van der Waals surface area contributed by atoms with E-state index in [1.54, 1.807) is 35.7 Å². The first-order valence-electron chi connectivity index (χ1n) is 10.7. The molecule has 0 aliphatic heterocycles. The Bertz CT molecular complexity index is 1550. The molecular weight excluding hydrogens is 576 g/mol. The summed E-state index contributed by atoms with van der Waals surface area (Å²) in [7, 11) is -5.38. The number of hydrogen-bond acceptors (Lipinski definition) is 5. The molecule has 0 saturated carbocycles. The maximum absolute atomic E-state index is 13.6. The zero-order valence-corrected chi connectivity index (χ0v) is 21.4. The molecular formula is C25H16ClF6NO3S2. The van der Waals surface area contributed by atoms with Crippen molar-refractivity contribution in [3.63, 3.8) is 0 Å². The van der Waals surface area contributed by atoms with Gasteiger partial charge in [-0.15, -0.1) is 11.3 Å². The third-order valence-corrected chi connectivity index (χ3v) is 7.92. The monoisotopic (exact) mass is 591 g/mol. The Labute approximate surface area is 222 Å². The van der Waals surface area contributed by atoms with Crippen molar-refractivity contribution >= 4 is 32.8 Å². The lowest BCUT2D eigenvalue weighted by Crippen LogP contribution is -2.24. The quantitative estimate of drug-likeness (QED) is 0.203. The van der Waals surface area contributed by atoms with Gasteiger partial charge in [0.2, 0.25) is 0 Å². The van der Waals surface area contributed by atoms with E-state index in [4.69, 9.17) is 16.3 Å². The van der Waals surface area contributed by atoms with E-state index >= 15 is 0 Å². The number of benzene rings is 3. The van der Waals surface area contributed by atoms with Crippen LogP contribution in [-0.2, 0) is 28.4 Å². The van der Waals surface area contributed by atoms with Crippen molar-refractivity contribution in [3.05, 3.63) is 93.8 Å². The first-order valence-corrected chi connectivity index (χ1v) is 13.6. The number of ether oxygens (including phenoxy) is 1. The Balaban J connectivity index is 1.61. The van der Waals surface area contributed by atoms with E-state index in [1.807, 2.05) is 0 Å². The predicted molar refractivity (Wildman–Crippen MR) is 132 cm³/mol. The second kappa shape index (κ2) is 10.6. The fourth-order valence-corrected chi connectivity index (χ4v) is 5.33. The van der Waals surface area contributed by atoms with Gasteiger partial charge >= 0.3 is 11.7 Å². The van der Waals surface area contributed by atoms with Crippen LogP contribution in [0, 0.1) is 0 Å². The highest BCUT2D eigenvalue weighted by atomic mass is 35.5. The van der Waals surface area contributed by atoms with Gasteiger partial charge in [-0.05, 0) is 29.3 Å². The molecule has 200 valence electrons. The van der Waals surface area contributed by atoms with Crippen molar-refractivity contribution in [1.82, 2.24) is 4.98 Å². The van der Waals surface area contributed by atoms with Crippen LogP contribution in [0.4, 0.5) is 26.3 Å². The minimum atomic E-state index is -5.40. The summed E-state index contributed by atoms with van der Waals surface area (Å²) in [5.41, 5.74) is -4.84. The first-order chi connectivity index (χ1) is 17.7. The Hall–Kier alpha value is -3.09. The highest BCUT2D eigenvalue weighted by Crippen LogP contribution is 2.40. The fourth-order valence-electron chi connectivity index (χ4n) is 3.43. The van der Waals surface area contributed by atoms with E-state index in [2.05, 4.69) is 4.98 Å². The maximum Gasteiger partial charge on any atom is 0.497 e. The SMILES string of the molecule is O=S(=O)(Cc1ccc(-c2csc(-c3ccc(C(F)(F)F)c(OCc4ccccc4)c3)n2)c(Cl)c1)C(F)(F)F. The second-order valence-corrected chi connectivity index (χ2v) is 11.3. The summed E-state index contributed by atoms with van der Waals surface area (Å²) in [5, 5.41) is 1.89. The van der Waals surface area contributed by atoms with Crippen LogP contribution in [0.5, 0.6) is 5.75 Å². The summed E-state index contributed by atoms with van der Waals surface area (Å²) in [4.78, 5) is 4.41. The van der Waals surface area contributed by atoms with Crippen LogP contribution < -0.4 is 4.74 Å². The van der Waals surface area contributed by atoms with E-state index < -0.39 is 32.8 Å². The summed E-state index contributed by atoms with van der Waals surface area (Å²) in [6, 6.07) is 15.7. The predicted octanol–water partition coefficient (Wildman–Crippen LogP) is 8.16. The molecule has 4 rings (SSSR count). The van der Waals surface area contributed by atoms with Gasteiger partial charge < -0.3 is 4.74 Å². The van der Waals surface area contributed by atoms with Gasteiger partial charge in [0.25, 0.3) is 9.84 Å². The molecule has 38 heavy (non-hydrogen) atoms. The van der Waals surface area contributed by atoms with Gasteiger partial charge in [0, 0.05) is 16.5 Å².